The molecular weight excluding hydrogens is 384 g/mol. The number of amides is 1. The first-order valence-corrected chi connectivity index (χ1v) is 10.5. The lowest BCUT2D eigenvalue weighted by Gasteiger charge is -2.13. The molecule has 0 aliphatic heterocycles. The number of aromatic nitrogens is 1. The first-order chi connectivity index (χ1) is 14.0. The molecule has 0 aliphatic carbocycles. The van der Waals surface area contributed by atoms with Crippen LogP contribution in [0.4, 0.5) is 5.69 Å². The van der Waals surface area contributed by atoms with Crippen molar-refractivity contribution in [1.82, 2.24) is 4.98 Å². The lowest BCUT2D eigenvalue weighted by molar-refractivity contribution is -0.113. The molecule has 0 saturated heterocycles. The zero-order valence-electron chi connectivity index (χ0n) is 17.5. The third-order valence-electron chi connectivity index (χ3n) is 4.85. The van der Waals surface area contributed by atoms with Crippen molar-refractivity contribution in [2.24, 2.45) is 0 Å². The normalized spacial score (nSPS) is 10.8. The van der Waals surface area contributed by atoms with Gasteiger partial charge in [-0.2, -0.15) is 0 Å². The molecule has 0 spiro atoms. The van der Waals surface area contributed by atoms with Gasteiger partial charge in [-0.15, -0.1) is 0 Å². The standard InChI is InChI=1S/C23H26N2O3S/c1-6-16-11-18-14(2)7-8-15(3)22(18)25-23(16)29-13-21(26)24-19-10-9-17(27-4)12-20(19)28-5/h7-12H,6,13H2,1-5H3,(H,24,26). The summed E-state index contributed by atoms with van der Waals surface area (Å²) >= 11 is 1.46. The minimum Gasteiger partial charge on any atom is -0.497 e. The van der Waals surface area contributed by atoms with E-state index in [0.29, 0.717) is 17.2 Å². The van der Waals surface area contributed by atoms with Gasteiger partial charge in [-0.1, -0.05) is 30.8 Å². The predicted molar refractivity (Wildman–Crippen MR) is 119 cm³/mol. The number of carbonyl (C=O) groups is 1. The molecule has 5 nitrogen and oxygen atoms in total. The maximum atomic E-state index is 12.5. The van der Waals surface area contributed by atoms with Crippen LogP contribution in [0.25, 0.3) is 10.9 Å². The third-order valence-corrected chi connectivity index (χ3v) is 5.88. The SMILES string of the molecule is CCc1cc2c(C)ccc(C)c2nc1SCC(=O)Nc1ccc(OC)cc1OC. The molecule has 0 radical (unpaired) electrons. The van der Waals surface area contributed by atoms with Crippen LogP contribution in [0.3, 0.4) is 0 Å². The number of nitrogens with zero attached hydrogens (tertiary/aromatic N) is 1. The maximum absolute atomic E-state index is 12.5. The van der Waals surface area contributed by atoms with E-state index in [2.05, 4.69) is 44.3 Å². The number of benzene rings is 2. The molecule has 1 heterocycles. The lowest BCUT2D eigenvalue weighted by Crippen LogP contribution is -2.15. The Labute approximate surface area is 175 Å². The maximum Gasteiger partial charge on any atom is 0.234 e. The first kappa shape index (κ1) is 21.0. The number of methoxy groups -OCH3 is 2. The number of thioether (sulfide) groups is 1. The Morgan fingerprint density at radius 2 is 1.83 bits per heavy atom. The van der Waals surface area contributed by atoms with E-state index in [-0.39, 0.29) is 11.7 Å². The summed E-state index contributed by atoms with van der Waals surface area (Å²) in [7, 11) is 3.16. The summed E-state index contributed by atoms with van der Waals surface area (Å²) in [6, 6.07) is 11.7. The van der Waals surface area contributed by atoms with Crippen LogP contribution in [0.15, 0.2) is 41.4 Å². The van der Waals surface area contributed by atoms with E-state index in [1.54, 1.807) is 32.4 Å². The van der Waals surface area contributed by atoms with Gasteiger partial charge in [0, 0.05) is 11.5 Å². The Balaban J connectivity index is 1.78. The van der Waals surface area contributed by atoms with E-state index in [4.69, 9.17) is 14.5 Å². The Morgan fingerprint density at radius 1 is 1.07 bits per heavy atom. The number of hydrogen-bond acceptors (Lipinski definition) is 5. The largest absolute Gasteiger partial charge is 0.497 e. The second-order valence-electron chi connectivity index (χ2n) is 6.80. The summed E-state index contributed by atoms with van der Waals surface area (Å²) in [5.41, 5.74) is 5.14. The minimum absolute atomic E-state index is 0.108. The third kappa shape index (κ3) is 4.65. The molecule has 0 aliphatic rings. The number of carbonyl (C=O) groups excluding carboxylic acids is 1. The fraction of sp³-hybridized carbons (Fsp3) is 0.304. The van der Waals surface area contributed by atoms with Crippen LogP contribution in [0.5, 0.6) is 11.5 Å². The van der Waals surface area contributed by atoms with Crippen LogP contribution in [0.2, 0.25) is 0 Å². The number of rotatable bonds is 7. The summed E-state index contributed by atoms with van der Waals surface area (Å²) in [4.78, 5) is 17.4. The molecule has 1 N–H and O–H groups in total. The van der Waals surface area contributed by atoms with Crippen molar-refractivity contribution in [2.45, 2.75) is 32.2 Å². The highest BCUT2D eigenvalue weighted by Gasteiger charge is 2.13. The van der Waals surface area contributed by atoms with E-state index in [1.165, 1.54) is 22.7 Å². The van der Waals surface area contributed by atoms with Gasteiger partial charge in [0.25, 0.3) is 0 Å². The molecule has 1 amide bonds. The monoisotopic (exact) mass is 410 g/mol. The molecule has 0 unspecified atom stereocenters. The van der Waals surface area contributed by atoms with Crippen LogP contribution in [0, 0.1) is 13.8 Å². The van der Waals surface area contributed by atoms with Crippen LogP contribution in [0.1, 0.15) is 23.6 Å². The number of fused-ring (bicyclic) bond motifs is 1. The van der Waals surface area contributed by atoms with Gasteiger partial charge < -0.3 is 14.8 Å². The van der Waals surface area contributed by atoms with E-state index in [0.717, 1.165) is 28.1 Å². The number of hydrogen-bond donors (Lipinski definition) is 1. The molecule has 152 valence electrons. The van der Waals surface area contributed by atoms with Gasteiger partial charge in [-0.05, 0) is 55.2 Å². The molecule has 29 heavy (non-hydrogen) atoms. The number of anilines is 1. The first-order valence-electron chi connectivity index (χ1n) is 9.51. The fourth-order valence-electron chi connectivity index (χ4n) is 3.16. The average molecular weight is 411 g/mol. The zero-order valence-corrected chi connectivity index (χ0v) is 18.3. The average Bonchev–Trinajstić information content (AvgIpc) is 2.74. The summed E-state index contributed by atoms with van der Waals surface area (Å²) in [6.45, 7) is 6.28. The van der Waals surface area contributed by atoms with Gasteiger partial charge in [-0.25, -0.2) is 4.98 Å². The van der Waals surface area contributed by atoms with Gasteiger partial charge in [0.2, 0.25) is 5.91 Å². The fourth-order valence-corrected chi connectivity index (χ4v) is 4.04. The highest BCUT2D eigenvalue weighted by Crippen LogP contribution is 2.31. The minimum atomic E-state index is -0.108. The number of pyridine rings is 1. The van der Waals surface area contributed by atoms with E-state index in [1.807, 2.05) is 0 Å². The van der Waals surface area contributed by atoms with E-state index >= 15 is 0 Å². The number of aryl methyl sites for hydroxylation is 3. The lowest BCUT2D eigenvalue weighted by atomic mass is 10.0. The molecule has 0 saturated carbocycles. The quantitative estimate of drug-likeness (QED) is 0.545. The van der Waals surface area contributed by atoms with Gasteiger partial charge in [0.15, 0.2) is 0 Å². The van der Waals surface area contributed by atoms with Crippen molar-refractivity contribution in [1.29, 1.82) is 0 Å². The summed E-state index contributed by atoms with van der Waals surface area (Å²) < 4.78 is 10.5. The number of nitrogens with one attached hydrogen (secondary N) is 1. The highest BCUT2D eigenvalue weighted by atomic mass is 32.2. The van der Waals surface area contributed by atoms with Crippen LogP contribution in [-0.2, 0) is 11.2 Å². The van der Waals surface area contributed by atoms with E-state index < -0.39 is 0 Å². The summed E-state index contributed by atoms with van der Waals surface area (Å²) in [5, 5.41) is 5.00. The van der Waals surface area contributed by atoms with Gasteiger partial charge >= 0.3 is 0 Å². The predicted octanol–water partition coefficient (Wildman–Crippen LogP) is 5.16. The van der Waals surface area contributed by atoms with Gasteiger partial charge in [-0.3, -0.25) is 4.79 Å². The molecular formula is C23H26N2O3S. The van der Waals surface area contributed by atoms with E-state index in [9.17, 15) is 4.79 Å². The highest BCUT2D eigenvalue weighted by molar-refractivity contribution is 8.00. The summed E-state index contributed by atoms with van der Waals surface area (Å²) in [5.74, 6) is 1.40. The molecule has 3 aromatic rings. The number of ether oxygens (including phenoxy) is 2. The van der Waals surface area contributed by atoms with Gasteiger partial charge in [0.05, 0.1) is 31.2 Å². The van der Waals surface area contributed by atoms with Crippen LogP contribution >= 0.6 is 11.8 Å². The molecule has 0 fully saturated rings. The second kappa shape index (κ2) is 9.18. The van der Waals surface area contributed by atoms with Crippen molar-refractivity contribution < 1.29 is 14.3 Å². The Kier molecular flexibility index (Phi) is 6.64. The smallest absolute Gasteiger partial charge is 0.234 e. The molecule has 1 aromatic heterocycles. The molecule has 0 bridgehead atoms. The van der Waals surface area contributed by atoms with Crippen LogP contribution in [-0.4, -0.2) is 30.9 Å². The summed E-state index contributed by atoms with van der Waals surface area (Å²) in [6.07, 6.45) is 0.868. The Bertz CT molecular complexity index is 1050. The van der Waals surface area contributed by atoms with Gasteiger partial charge in [0.1, 0.15) is 16.5 Å². The Hall–Kier alpha value is -2.73. The van der Waals surface area contributed by atoms with Crippen molar-refractivity contribution in [2.75, 3.05) is 25.3 Å². The van der Waals surface area contributed by atoms with Crippen molar-refractivity contribution >= 4 is 34.3 Å². The van der Waals surface area contributed by atoms with Crippen molar-refractivity contribution in [3.8, 4) is 11.5 Å². The molecule has 6 heteroatoms. The van der Waals surface area contributed by atoms with Crippen LogP contribution < -0.4 is 14.8 Å². The van der Waals surface area contributed by atoms with Crippen molar-refractivity contribution in [3.63, 3.8) is 0 Å². The molecule has 2 aromatic carbocycles. The van der Waals surface area contributed by atoms with Crippen molar-refractivity contribution in [3.05, 3.63) is 53.1 Å². The molecule has 3 rings (SSSR count). The Morgan fingerprint density at radius 3 is 2.52 bits per heavy atom. The zero-order chi connectivity index (χ0) is 21.0. The topological polar surface area (TPSA) is 60.5 Å². The second-order valence-corrected chi connectivity index (χ2v) is 7.77. The molecule has 0 atom stereocenters.